The number of nitrogens with zero attached hydrogens (tertiary/aromatic N) is 1. The van der Waals surface area contributed by atoms with Gasteiger partial charge in [0.15, 0.2) is 0 Å². The largest absolute Gasteiger partial charge is 0.488 e. The van der Waals surface area contributed by atoms with E-state index >= 15 is 0 Å². The number of hydrogen-bond acceptors (Lipinski definition) is 3. The van der Waals surface area contributed by atoms with E-state index in [9.17, 15) is 4.39 Å². The summed E-state index contributed by atoms with van der Waals surface area (Å²) in [5.74, 6) is 0.627. The highest BCUT2D eigenvalue weighted by Crippen LogP contribution is 2.41. The van der Waals surface area contributed by atoms with Crippen LogP contribution in [-0.2, 0) is 6.42 Å². The Morgan fingerprint density at radius 1 is 1.16 bits per heavy atom. The van der Waals surface area contributed by atoms with E-state index in [4.69, 9.17) is 15.5 Å². The minimum absolute atomic E-state index is 0.00972. The predicted molar refractivity (Wildman–Crippen MR) is 98.5 cm³/mol. The highest BCUT2D eigenvalue weighted by molar-refractivity contribution is 5.87. The van der Waals surface area contributed by atoms with Crippen LogP contribution in [0.3, 0.4) is 0 Å². The van der Waals surface area contributed by atoms with Crippen LogP contribution in [-0.4, -0.2) is 17.6 Å². The Morgan fingerprint density at radius 3 is 2.72 bits per heavy atom. The summed E-state index contributed by atoms with van der Waals surface area (Å²) in [5.41, 5.74) is 12.5. The molecule has 1 aliphatic heterocycles. The smallest absolute Gasteiger partial charge is 0.132 e. The third-order valence-electron chi connectivity index (χ3n) is 4.88. The van der Waals surface area contributed by atoms with Gasteiger partial charge in [0.1, 0.15) is 17.7 Å². The fraction of sp³-hybridized carbons (Fsp3) is 0.286. The quantitative estimate of drug-likeness (QED) is 0.762. The molecular weight excluding hydrogens is 315 g/mol. The van der Waals surface area contributed by atoms with Crippen molar-refractivity contribution in [3.8, 4) is 17.0 Å². The summed E-state index contributed by atoms with van der Waals surface area (Å²) >= 11 is 0. The molecular formula is C21H21FN2O. The number of ether oxygens (including phenoxy) is 1. The standard InChI is InChI=1S/C21H21FN2O/c1-11-6-14-9-15(10-23)25-21(14)17(7-11)20-13(3)8-16-18(22)5-4-12(2)19(16)24-20/h4-8,15H,9-10,23H2,1-3H3/t15-/m1/s1. The first-order chi connectivity index (χ1) is 12.0. The first-order valence-corrected chi connectivity index (χ1v) is 8.55. The Labute approximate surface area is 146 Å². The molecule has 1 aliphatic rings. The van der Waals surface area contributed by atoms with Crippen molar-refractivity contribution in [2.24, 2.45) is 5.73 Å². The highest BCUT2D eigenvalue weighted by atomic mass is 19.1. The molecule has 1 aromatic heterocycles. The number of nitrogens with two attached hydrogens (primary N) is 1. The van der Waals surface area contributed by atoms with Gasteiger partial charge in [0.25, 0.3) is 0 Å². The predicted octanol–water partition coefficient (Wildman–Crippen LogP) is 4.23. The summed E-state index contributed by atoms with van der Waals surface area (Å²) < 4.78 is 20.3. The number of aromatic nitrogens is 1. The molecule has 2 N–H and O–H groups in total. The second-order valence-corrected chi connectivity index (χ2v) is 6.89. The molecule has 25 heavy (non-hydrogen) atoms. The average Bonchev–Trinajstić information content (AvgIpc) is 3.00. The maximum atomic E-state index is 14.2. The van der Waals surface area contributed by atoms with Gasteiger partial charge in [-0.1, -0.05) is 12.1 Å². The van der Waals surface area contributed by atoms with E-state index in [1.807, 2.05) is 19.9 Å². The monoisotopic (exact) mass is 336 g/mol. The number of fused-ring (bicyclic) bond motifs is 2. The zero-order chi connectivity index (χ0) is 17.7. The molecule has 0 spiro atoms. The summed E-state index contributed by atoms with van der Waals surface area (Å²) in [7, 11) is 0. The molecule has 3 nitrogen and oxygen atoms in total. The highest BCUT2D eigenvalue weighted by Gasteiger charge is 2.26. The Morgan fingerprint density at radius 2 is 1.96 bits per heavy atom. The Kier molecular flexibility index (Phi) is 3.73. The number of halogens is 1. The first kappa shape index (κ1) is 16.0. The summed E-state index contributed by atoms with van der Waals surface area (Å²) in [6.45, 7) is 6.48. The third kappa shape index (κ3) is 2.57. The average molecular weight is 336 g/mol. The van der Waals surface area contributed by atoms with Crippen LogP contribution in [0.1, 0.15) is 22.3 Å². The molecule has 0 unspecified atom stereocenters. The molecule has 0 amide bonds. The summed E-state index contributed by atoms with van der Waals surface area (Å²) in [6, 6.07) is 9.39. The van der Waals surface area contributed by atoms with Gasteiger partial charge in [-0.2, -0.15) is 0 Å². The van der Waals surface area contributed by atoms with Gasteiger partial charge in [-0.15, -0.1) is 0 Å². The van der Waals surface area contributed by atoms with Crippen LogP contribution >= 0.6 is 0 Å². The molecule has 4 heteroatoms. The SMILES string of the molecule is Cc1cc2c(c(-c3nc4c(C)ccc(F)c4cc3C)c1)O[C@@H](CN)C2. The van der Waals surface area contributed by atoms with Crippen molar-refractivity contribution >= 4 is 10.9 Å². The Hall–Kier alpha value is -2.46. The lowest BCUT2D eigenvalue weighted by atomic mass is 9.97. The van der Waals surface area contributed by atoms with E-state index in [0.717, 1.165) is 40.1 Å². The number of aryl methyl sites for hydroxylation is 3. The third-order valence-corrected chi connectivity index (χ3v) is 4.88. The van der Waals surface area contributed by atoms with E-state index in [0.29, 0.717) is 17.4 Å². The van der Waals surface area contributed by atoms with Crippen LogP contribution in [0.2, 0.25) is 0 Å². The number of benzene rings is 2. The van der Waals surface area contributed by atoms with Crippen LogP contribution in [0.4, 0.5) is 4.39 Å². The van der Waals surface area contributed by atoms with Gasteiger partial charge < -0.3 is 10.5 Å². The fourth-order valence-electron chi connectivity index (χ4n) is 3.64. The second kappa shape index (κ2) is 5.81. The van der Waals surface area contributed by atoms with Crippen LogP contribution in [0.15, 0.2) is 30.3 Å². The summed E-state index contributed by atoms with van der Waals surface area (Å²) in [4.78, 5) is 4.82. The molecule has 2 aromatic carbocycles. The molecule has 3 aromatic rings. The number of pyridine rings is 1. The topological polar surface area (TPSA) is 48.1 Å². The van der Waals surface area contributed by atoms with Crippen molar-refractivity contribution in [2.75, 3.05) is 6.54 Å². The van der Waals surface area contributed by atoms with E-state index in [-0.39, 0.29) is 11.9 Å². The van der Waals surface area contributed by atoms with Gasteiger partial charge >= 0.3 is 0 Å². The zero-order valence-corrected chi connectivity index (χ0v) is 14.7. The van der Waals surface area contributed by atoms with E-state index in [1.54, 1.807) is 6.07 Å². The molecule has 128 valence electrons. The van der Waals surface area contributed by atoms with Crippen molar-refractivity contribution in [3.63, 3.8) is 0 Å². The lowest BCUT2D eigenvalue weighted by Gasteiger charge is -2.14. The lowest BCUT2D eigenvalue weighted by molar-refractivity contribution is 0.242. The lowest BCUT2D eigenvalue weighted by Crippen LogP contribution is -2.24. The molecule has 0 aliphatic carbocycles. The maximum Gasteiger partial charge on any atom is 0.132 e. The minimum atomic E-state index is -0.239. The Bertz CT molecular complexity index is 997. The van der Waals surface area contributed by atoms with Crippen LogP contribution in [0.25, 0.3) is 22.2 Å². The van der Waals surface area contributed by atoms with Gasteiger partial charge in [0.05, 0.1) is 11.2 Å². The number of rotatable bonds is 2. The second-order valence-electron chi connectivity index (χ2n) is 6.89. The molecule has 0 radical (unpaired) electrons. The van der Waals surface area contributed by atoms with Gasteiger partial charge in [-0.3, -0.25) is 0 Å². The van der Waals surface area contributed by atoms with Crippen molar-refractivity contribution in [2.45, 2.75) is 33.3 Å². The summed E-state index contributed by atoms with van der Waals surface area (Å²) in [5, 5.41) is 0.561. The molecule has 4 rings (SSSR count). The van der Waals surface area contributed by atoms with Gasteiger partial charge in [0, 0.05) is 23.9 Å². The van der Waals surface area contributed by atoms with Crippen molar-refractivity contribution in [1.82, 2.24) is 4.98 Å². The first-order valence-electron chi connectivity index (χ1n) is 8.55. The fourth-order valence-corrected chi connectivity index (χ4v) is 3.64. The summed E-state index contributed by atoms with van der Waals surface area (Å²) in [6.07, 6.45) is 0.830. The minimum Gasteiger partial charge on any atom is -0.488 e. The van der Waals surface area contributed by atoms with Crippen molar-refractivity contribution in [3.05, 3.63) is 58.4 Å². The molecule has 0 bridgehead atoms. The number of hydrogen-bond donors (Lipinski definition) is 1. The van der Waals surface area contributed by atoms with Gasteiger partial charge in [-0.05, 0) is 61.2 Å². The van der Waals surface area contributed by atoms with Crippen molar-refractivity contribution < 1.29 is 9.13 Å². The molecule has 0 fully saturated rings. The zero-order valence-electron chi connectivity index (χ0n) is 14.7. The molecule has 2 heterocycles. The maximum absolute atomic E-state index is 14.2. The van der Waals surface area contributed by atoms with Gasteiger partial charge in [0.2, 0.25) is 0 Å². The Balaban J connectivity index is 1.98. The van der Waals surface area contributed by atoms with E-state index < -0.39 is 0 Å². The van der Waals surface area contributed by atoms with Crippen molar-refractivity contribution in [1.29, 1.82) is 0 Å². The van der Waals surface area contributed by atoms with Crippen LogP contribution in [0, 0.1) is 26.6 Å². The van der Waals surface area contributed by atoms with E-state index in [1.165, 1.54) is 11.6 Å². The normalized spacial score (nSPS) is 16.1. The van der Waals surface area contributed by atoms with Crippen LogP contribution in [0.5, 0.6) is 5.75 Å². The molecule has 0 saturated carbocycles. The molecule has 1 atom stereocenters. The molecule has 0 saturated heterocycles. The van der Waals surface area contributed by atoms with E-state index in [2.05, 4.69) is 19.1 Å². The van der Waals surface area contributed by atoms with Crippen LogP contribution < -0.4 is 10.5 Å². The van der Waals surface area contributed by atoms with Gasteiger partial charge in [-0.25, -0.2) is 9.37 Å².